The molecule has 10 heavy (non-hydrogen) atoms. The third-order valence-corrected chi connectivity index (χ3v) is 2.92. The quantitative estimate of drug-likeness (QED) is 0.608. The number of hydrogen-bond acceptors (Lipinski definition) is 2. The molecule has 0 heterocycles. The molecule has 0 radical (unpaired) electrons. The minimum atomic E-state index is -0.653. The minimum Gasteiger partial charge on any atom is -0.309 e. The van der Waals surface area contributed by atoms with Crippen molar-refractivity contribution in [2.45, 2.75) is 18.6 Å². The molecule has 62 valence electrons. The minimum absolute atomic E-state index is 0.336. The number of rotatable bonds is 4. The second kappa shape index (κ2) is 4.85. The maximum atomic E-state index is 10.8. The summed E-state index contributed by atoms with van der Waals surface area (Å²) in [5, 5.41) is 0.336. The lowest BCUT2D eigenvalue weighted by Crippen LogP contribution is -2.20. The Labute approximate surface area is 66.1 Å². The van der Waals surface area contributed by atoms with E-state index in [0.29, 0.717) is 5.25 Å². The van der Waals surface area contributed by atoms with Gasteiger partial charge in [0.25, 0.3) is 0 Å². The Kier molecular flexibility index (Phi) is 4.91. The van der Waals surface area contributed by atoms with Gasteiger partial charge in [-0.1, -0.05) is 6.92 Å². The molecule has 0 amide bonds. The molecule has 0 aliphatic rings. The van der Waals surface area contributed by atoms with Gasteiger partial charge in [0.15, 0.2) is 0 Å². The van der Waals surface area contributed by atoms with E-state index < -0.39 is 10.8 Å². The summed E-state index contributed by atoms with van der Waals surface area (Å²) in [6, 6.07) is 0. The van der Waals surface area contributed by atoms with Crippen LogP contribution >= 0.6 is 0 Å². The molecule has 0 N–H and O–H groups in total. The largest absolute Gasteiger partial charge is 0.309 e. The van der Waals surface area contributed by atoms with E-state index >= 15 is 0 Å². The maximum Gasteiger partial charge on any atom is 0.0329 e. The van der Waals surface area contributed by atoms with Crippen LogP contribution in [0.4, 0.5) is 0 Å². The van der Waals surface area contributed by atoms with E-state index in [1.807, 2.05) is 21.0 Å². The third kappa shape index (κ3) is 4.94. The van der Waals surface area contributed by atoms with Gasteiger partial charge in [-0.25, -0.2) is 0 Å². The van der Waals surface area contributed by atoms with Gasteiger partial charge in [0.05, 0.1) is 0 Å². The van der Waals surface area contributed by atoms with Gasteiger partial charge in [0, 0.05) is 22.3 Å². The predicted octanol–water partition coefficient (Wildman–Crippen LogP) is 0.705. The highest BCUT2D eigenvalue weighted by atomic mass is 32.2. The van der Waals surface area contributed by atoms with Crippen LogP contribution in [-0.4, -0.2) is 41.3 Å². The molecule has 0 spiro atoms. The summed E-state index contributed by atoms with van der Waals surface area (Å²) < 4.78 is 10.8. The van der Waals surface area contributed by atoms with Gasteiger partial charge in [0.2, 0.25) is 0 Å². The molecule has 0 fully saturated rings. The standard InChI is InChI=1S/C7H17NOS/c1-7(10(4)9)5-6-8(2)3/h7H,5-6H2,1-4H3. The van der Waals surface area contributed by atoms with Crippen LogP contribution in [-0.2, 0) is 10.8 Å². The highest BCUT2D eigenvalue weighted by molar-refractivity contribution is 7.84. The summed E-state index contributed by atoms with van der Waals surface area (Å²) in [5.74, 6) is 0. The number of nitrogens with zero attached hydrogens (tertiary/aromatic N) is 1. The summed E-state index contributed by atoms with van der Waals surface area (Å²) in [5.41, 5.74) is 0. The average molecular weight is 163 g/mol. The Hall–Kier alpha value is 0.110. The predicted molar refractivity (Wildman–Crippen MR) is 46.7 cm³/mol. The van der Waals surface area contributed by atoms with Crippen LogP contribution in [0, 0.1) is 0 Å². The van der Waals surface area contributed by atoms with Crippen molar-refractivity contribution in [1.29, 1.82) is 0 Å². The van der Waals surface area contributed by atoms with Crippen molar-refractivity contribution in [2.24, 2.45) is 0 Å². The molecule has 0 rings (SSSR count). The summed E-state index contributed by atoms with van der Waals surface area (Å²) in [6.45, 7) is 3.06. The van der Waals surface area contributed by atoms with Crippen molar-refractivity contribution < 1.29 is 4.21 Å². The van der Waals surface area contributed by atoms with Crippen LogP contribution in [0.3, 0.4) is 0 Å². The van der Waals surface area contributed by atoms with Gasteiger partial charge in [-0.05, 0) is 27.1 Å². The van der Waals surface area contributed by atoms with Crippen molar-refractivity contribution >= 4 is 10.8 Å². The summed E-state index contributed by atoms with van der Waals surface area (Å²) in [6.07, 6.45) is 2.79. The van der Waals surface area contributed by atoms with Crippen LogP contribution < -0.4 is 0 Å². The second-order valence-corrected chi connectivity index (χ2v) is 4.70. The molecular formula is C7H17NOS. The summed E-state index contributed by atoms with van der Waals surface area (Å²) in [4.78, 5) is 2.11. The fourth-order valence-electron chi connectivity index (χ4n) is 0.606. The molecule has 0 aliphatic heterocycles. The molecule has 2 unspecified atom stereocenters. The first-order chi connectivity index (χ1) is 4.54. The lowest BCUT2D eigenvalue weighted by Gasteiger charge is -2.12. The first kappa shape index (κ1) is 10.1. The van der Waals surface area contributed by atoms with Gasteiger partial charge in [-0.2, -0.15) is 0 Å². The molecule has 0 aromatic rings. The Bertz CT molecular complexity index is 114. The van der Waals surface area contributed by atoms with Crippen molar-refractivity contribution in [3.05, 3.63) is 0 Å². The molecule has 2 nitrogen and oxygen atoms in total. The molecule has 0 bridgehead atoms. The summed E-state index contributed by atoms with van der Waals surface area (Å²) in [7, 11) is 3.41. The fraction of sp³-hybridized carbons (Fsp3) is 1.00. The van der Waals surface area contributed by atoms with Crippen LogP contribution in [0.1, 0.15) is 13.3 Å². The van der Waals surface area contributed by atoms with Gasteiger partial charge in [-0.15, -0.1) is 0 Å². The van der Waals surface area contributed by atoms with Crippen LogP contribution in [0.5, 0.6) is 0 Å². The van der Waals surface area contributed by atoms with Crippen molar-refractivity contribution in [3.8, 4) is 0 Å². The molecule has 0 saturated heterocycles. The van der Waals surface area contributed by atoms with E-state index in [1.165, 1.54) is 0 Å². The monoisotopic (exact) mass is 163 g/mol. The first-order valence-electron chi connectivity index (χ1n) is 3.51. The van der Waals surface area contributed by atoms with E-state index in [-0.39, 0.29) is 0 Å². The van der Waals surface area contributed by atoms with Crippen molar-refractivity contribution in [3.63, 3.8) is 0 Å². The molecule has 0 aromatic heterocycles. The smallest absolute Gasteiger partial charge is 0.0329 e. The first-order valence-corrected chi connectivity index (χ1v) is 5.13. The zero-order valence-corrected chi connectivity index (χ0v) is 8.07. The Morgan fingerprint density at radius 1 is 1.50 bits per heavy atom. The van der Waals surface area contributed by atoms with E-state index in [9.17, 15) is 4.21 Å². The van der Waals surface area contributed by atoms with E-state index in [2.05, 4.69) is 4.90 Å². The van der Waals surface area contributed by atoms with Gasteiger partial charge < -0.3 is 4.90 Å². The lowest BCUT2D eigenvalue weighted by molar-refractivity contribution is 0.399. The fourth-order valence-corrected chi connectivity index (χ4v) is 1.04. The zero-order valence-electron chi connectivity index (χ0n) is 7.26. The normalized spacial score (nSPS) is 17.3. The van der Waals surface area contributed by atoms with E-state index in [1.54, 1.807) is 6.26 Å². The topological polar surface area (TPSA) is 20.3 Å². The SMILES string of the molecule is CC(CCN(C)C)S(C)=O. The van der Waals surface area contributed by atoms with Gasteiger partial charge in [0.1, 0.15) is 0 Å². The molecule has 0 saturated carbocycles. The van der Waals surface area contributed by atoms with Crippen LogP contribution in [0.15, 0.2) is 0 Å². The molecule has 0 aliphatic carbocycles. The average Bonchev–Trinajstić information content (AvgIpc) is 1.82. The second-order valence-electron chi connectivity index (χ2n) is 2.90. The third-order valence-electron chi connectivity index (χ3n) is 1.55. The van der Waals surface area contributed by atoms with Crippen molar-refractivity contribution in [2.75, 3.05) is 26.9 Å². The lowest BCUT2D eigenvalue weighted by atomic mass is 10.3. The molecular weight excluding hydrogens is 146 g/mol. The highest BCUT2D eigenvalue weighted by Gasteiger charge is 2.05. The van der Waals surface area contributed by atoms with E-state index in [4.69, 9.17) is 0 Å². The van der Waals surface area contributed by atoms with Crippen LogP contribution in [0.2, 0.25) is 0 Å². The zero-order chi connectivity index (χ0) is 8.15. The Balaban J connectivity index is 3.40. The van der Waals surface area contributed by atoms with Gasteiger partial charge >= 0.3 is 0 Å². The van der Waals surface area contributed by atoms with Gasteiger partial charge in [-0.3, -0.25) is 4.21 Å². The van der Waals surface area contributed by atoms with Crippen molar-refractivity contribution in [1.82, 2.24) is 4.90 Å². The van der Waals surface area contributed by atoms with E-state index in [0.717, 1.165) is 13.0 Å². The molecule has 2 atom stereocenters. The molecule has 3 heteroatoms. The molecule has 0 aromatic carbocycles. The Morgan fingerprint density at radius 2 is 2.00 bits per heavy atom. The number of hydrogen-bond donors (Lipinski definition) is 0. The summed E-state index contributed by atoms with van der Waals surface area (Å²) >= 11 is 0. The Morgan fingerprint density at radius 3 is 2.30 bits per heavy atom. The highest BCUT2D eigenvalue weighted by Crippen LogP contribution is 1.98. The maximum absolute atomic E-state index is 10.8. The van der Waals surface area contributed by atoms with Crippen LogP contribution in [0.25, 0.3) is 0 Å².